The normalized spacial score (nSPS) is 11.6. The summed E-state index contributed by atoms with van der Waals surface area (Å²) >= 11 is 1.06. The summed E-state index contributed by atoms with van der Waals surface area (Å²) in [4.78, 5) is 20.2. The van der Waals surface area contributed by atoms with E-state index in [1.165, 1.54) is 6.07 Å². The minimum absolute atomic E-state index is 0.144. The molecule has 0 atom stereocenters. The Bertz CT molecular complexity index is 862. The molecule has 0 radical (unpaired) electrons. The van der Waals surface area contributed by atoms with E-state index in [4.69, 9.17) is 0 Å². The number of amides is 1. The number of carbonyl (C=O) groups is 1. The number of aromatic nitrogens is 2. The number of nitrogens with zero attached hydrogens (tertiary/aromatic N) is 2. The van der Waals surface area contributed by atoms with Gasteiger partial charge in [-0.3, -0.25) is 9.78 Å². The second-order valence-electron chi connectivity index (χ2n) is 5.03. The van der Waals surface area contributed by atoms with Crippen LogP contribution in [0, 0.1) is 0 Å². The van der Waals surface area contributed by atoms with Crippen LogP contribution in [-0.2, 0) is 12.6 Å². The first-order valence-electron chi connectivity index (χ1n) is 7.09. The molecule has 0 saturated heterocycles. The van der Waals surface area contributed by atoms with Crippen LogP contribution in [0.15, 0.2) is 42.6 Å². The number of nitrogens with one attached hydrogen (secondary N) is 1. The maximum absolute atomic E-state index is 12.7. The Labute approximate surface area is 139 Å². The fourth-order valence-corrected chi connectivity index (χ4v) is 2.99. The number of hydrogen-bond acceptors (Lipinski definition) is 4. The van der Waals surface area contributed by atoms with E-state index in [-0.39, 0.29) is 10.5 Å². The zero-order valence-corrected chi connectivity index (χ0v) is 13.1. The first-order chi connectivity index (χ1) is 11.4. The highest BCUT2D eigenvalue weighted by atomic mass is 32.1. The van der Waals surface area contributed by atoms with E-state index in [1.54, 1.807) is 12.3 Å². The Morgan fingerprint density at radius 2 is 2.04 bits per heavy atom. The maximum Gasteiger partial charge on any atom is 0.416 e. The van der Waals surface area contributed by atoms with Crippen LogP contribution >= 0.6 is 11.3 Å². The van der Waals surface area contributed by atoms with Gasteiger partial charge in [-0.15, -0.1) is 11.3 Å². The first-order valence-corrected chi connectivity index (χ1v) is 7.91. The Morgan fingerprint density at radius 1 is 1.21 bits per heavy atom. The van der Waals surface area contributed by atoms with Crippen molar-refractivity contribution < 1.29 is 18.0 Å². The number of rotatable bonds is 4. The molecule has 0 aliphatic rings. The first kappa shape index (κ1) is 16.4. The van der Waals surface area contributed by atoms with Crippen LogP contribution in [0.4, 0.5) is 13.2 Å². The molecule has 0 spiro atoms. The molecule has 2 aromatic heterocycles. The van der Waals surface area contributed by atoms with Gasteiger partial charge in [-0.2, -0.15) is 13.2 Å². The molecule has 0 saturated carbocycles. The maximum atomic E-state index is 12.7. The molecule has 1 aromatic carbocycles. The number of alkyl halides is 3. The lowest BCUT2D eigenvalue weighted by molar-refractivity contribution is -0.137. The third-order valence-electron chi connectivity index (χ3n) is 3.30. The number of fused-ring (bicyclic) bond motifs is 1. The van der Waals surface area contributed by atoms with Crippen molar-refractivity contribution >= 4 is 27.5 Å². The van der Waals surface area contributed by atoms with Gasteiger partial charge in [0.15, 0.2) is 5.01 Å². The molecule has 0 aliphatic heterocycles. The lowest BCUT2D eigenvalue weighted by Crippen LogP contribution is -2.25. The minimum Gasteiger partial charge on any atom is -0.350 e. The summed E-state index contributed by atoms with van der Waals surface area (Å²) in [5, 5.41) is 2.84. The minimum atomic E-state index is -4.43. The fraction of sp³-hybridized carbons (Fsp3) is 0.188. The zero-order valence-electron chi connectivity index (χ0n) is 12.3. The molecular weight excluding hydrogens is 339 g/mol. The van der Waals surface area contributed by atoms with Crippen molar-refractivity contribution in [1.29, 1.82) is 0 Å². The van der Waals surface area contributed by atoms with Gasteiger partial charge in [0, 0.05) is 24.9 Å². The number of halogens is 3. The zero-order chi connectivity index (χ0) is 17.2. The van der Waals surface area contributed by atoms with Crippen molar-refractivity contribution in [2.75, 3.05) is 6.54 Å². The van der Waals surface area contributed by atoms with Crippen molar-refractivity contribution in [3.05, 3.63) is 58.9 Å². The summed E-state index contributed by atoms with van der Waals surface area (Å²) in [6.07, 6.45) is -2.19. The van der Waals surface area contributed by atoms with Crippen molar-refractivity contribution in [2.24, 2.45) is 0 Å². The molecule has 0 aliphatic carbocycles. The predicted molar refractivity (Wildman–Crippen MR) is 84.9 cm³/mol. The topological polar surface area (TPSA) is 54.9 Å². The molecule has 24 heavy (non-hydrogen) atoms. The molecule has 1 amide bonds. The van der Waals surface area contributed by atoms with Crippen LogP contribution in [-0.4, -0.2) is 22.4 Å². The molecule has 0 fully saturated rings. The van der Waals surface area contributed by atoms with Crippen molar-refractivity contribution in [2.45, 2.75) is 12.6 Å². The largest absolute Gasteiger partial charge is 0.416 e. The van der Waals surface area contributed by atoms with Gasteiger partial charge >= 0.3 is 6.18 Å². The highest BCUT2D eigenvalue weighted by Crippen LogP contribution is 2.32. The van der Waals surface area contributed by atoms with E-state index < -0.39 is 17.6 Å². The lowest BCUT2D eigenvalue weighted by atomic mass is 10.2. The van der Waals surface area contributed by atoms with Gasteiger partial charge in [-0.25, -0.2) is 4.98 Å². The summed E-state index contributed by atoms with van der Waals surface area (Å²) < 4.78 is 38.6. The summed E-state index contributed by atoms with van der Waals surface area (Å²) in [6, 6.07) is 8.79. The molecule has 3 aromatic rings. The standard InChI is InChI=1S/C16H12F3N3OS/c17-16(18,19)10-4-5-13-12(9-10)22-15(24-13)14(23)21-8-6-11-3-1-2-7-20-11/h1-5,7,9H,6,8H2,(H,21,23). The Balaban J connectivity index is 1.68. The van der Waals surface area contributed by atoms with Gasteiger partial charge in [0.25, 0.3) is 5.91 Å². The molecule has 0 bridgehead atoms. The van der Waals surface area contributed by atoms with Crippen LogP contribution in [0.2, 0.25) is 0 Å². The average molecular weight is 351 g/mol. The van der Waals surface area contributed by atoms with Gasteiger partial charge in [0.1, 0.15) is 0 Å². The number of carbonyl (C=O) groups excluding carboxylic acids is 1. The van der Waals surface area contributed by atoms with E-state index in [9.17, 15) is 18.0 Å². The van der Waals surface area contributed by atoms with E-state index in [0.29, 0.717) is 17.7 Å². The number of hydrogen-bond donors (Lipinski definition) is 1. The van der Waals surface area contributed by atoms with E-state index >= 15 is 0 Å². The number of thiazole rings is 1. The summed E-state index contributed by atoms with van der Waals surface area (Å²) in [5.41, 5.74) is 0.240. The smallest absolute Gasteiger partial charge is 0.350 e. The molecule has 3 rings (SSSR count). The Kier molecular flexibility index (Phi) is 4.48. The summed E-state index contributed by atoms with van der Waals surface area (Å²) in [7, 11) is 0. The van der Waals surface area contributed by atoms with Gasteiger partial charge in [-0.05, 0) is 30.3 Å². The summed E-state index contributed by atoms with van der Waals surface area (Å²) in [5.74, 6) is -0.402. The third-order valence-corrected chi connectivity index (χ3v) is 4.34. The SMILES string of the molecule is O=C(NCCc1ccccn1)c1nc2cc(C(F)(F)F)ccc2s1. The van der Waals surface area contributed by atoms with Crippen LogP contribution in [0.25, 0.3) is 10.2 Å². The van der Waals surface area contributed by atoms with E-state index in [0.717, 1.165) is 29.2 Å². The van der Waals surface area contributed by atoms with Crippen molar-refractivity contribution in [1.82, 2.24) is 15.3 Å². The molecule has 124 valence electrons. The number of benzene rings is 1. The predicted octanol–water partition coefficient (Wildman–Crippen LogP) is 3.68. The fourth-order valence-electron chi connectivity index (χ4n) is 2.13. The van der Waals surface area contributed by atoms with Gasteiger partial charge in [0.05, 0.1) is 15.8 Å². The molecule has 1 N–H and O–H groups in total. The molecule has 8 heteroatoms. The highest BCUT2D eigenvalue weighted by Gasteiger charge is 2.31. The Morgan fingerprint density at radius 3 is 2.75 bits per heavy atom. The lowest BCUT2D eigenvalue weighted by Gasteiger charge is -2.04. The quantitative estimate of drug-likeness (QED) is 0.780. The van der Waals surface area contributed by atoms with Crippen LogP contribution < -0.4 is 5.32 Å². The van der Waals surface area contributed by atoms with E-state index in [1.807, 2.05) is 12.1 Å². The second-order valence-corrected chi connectivity index (χ2v) is 6.06. The molecular formula is C16H12F3N3OS. The van der Waals surface area contributed by atoms with Gasteiger partial charge in [0.2, 0.25) is 0 Å². The Hall–Kier alpha value is -2.48. The van der Waals surface area contributed by atoms with E-state index in [2.05, 4.69) is 15.3 Å². The van der Waals surface area contributed by atoms with Crippen LogP contribution in [0.5, 0.6) is 0 Å². The average Bonchev–Trinajstić information content (AvgIpc) is 2.98. The van der Waals surface area contributed by atoms with Gasteiger partial charge < -0.3 is 5.32 Å². The van der Waals surface area contributed by atoms with Crippen molar-refractivity contribution in [3.63, 3.8) is 0 Å². The highest BCUT2D eigenvalue weighted by molar-refractivity contribution is 7.20. The molecule has 2 heterocycles. The third kappa shape index (κ3) is 3.70. The second kappa shape index (κ2) is 6.56. The van der Waals surface area contributed by atoms with Crippen LogP contribution in [0.3, 0.4) is 0 Å². The van der Waals surface area contributed by atoms with Crippen LogP contribution in [0.1, 0.15) is 21.1 Å². The molecule has 0 unspecified atom stereocenters. The summed E-state index contributed by atoms with van der Waals surface area (Å²) in [6.45, 7) is 0.375. The van der Waals surface area contributed by atoms with Gasteiger partial charge in [-0.1, -0.05) is 6.07 Å². The molecule has 4 nitrogen and oxygen atoms in total. The van der Waals surface area contributed by atoms with Crippen molar-refractivity contribution in [3.8, 4) is 0 Å². The number of pyridine rings is 1. The monoisotopic (exact) mass is 351 g/mol.